The fourth-order valence-corrected chi connectivity index (χ4v) is 2.35. The van der Waals surface area contributed by atoms with E-state index in [1.165, 1.54) is 30.8 Å². The van der Waals surface area contributed by atoms with Crippen molar-refractivity contribution in [2.45, 2.75) is 26.8 Å². The predicted octanol–water partition coefficient (Wildman–Crippen LogP) is 1.96. The Bertz CT molecular complexity index is 362. The van der Waals surface area contributed by atoms with Gasteiger partial charge in [-0.15, -0.1) is 0 Å². The molecule has 0 radical (unpaired) electrons. The number of nitrogens with zero attached hydrogens (tertiary/aromatic N) is 2. The number of aromatic nitrogens is 1. The lowest BCUT2D eigenvalue weighted by atomic mass is 10.1. The minimum atomic E-state index is 0.816. The Balaban J connectivity index is 2.26. The van der Waals surface area contributed by atoms with Gasteiger partial charge in [0.15, 0.2) is 0 Å². The van der Waals surface area contributed by atoms with E-state index in [2.05, 4.69) is 35.1 Å². The van der Waals surface area contributed by atoms with Gasteiger partial charge in [0.05, 0.1) is 0 Å². The maximum absolute atomic E-state index is 4.38. The zero-order valence-corrected chi connectivity index (χ0v) is 10.5. The Labute approximate surface area is 97.9 Å². The molecule has 88 valence electrons. The maximum Gasteiger partial charge on any atom is 0.0445 e. The largest absolute Gasteiger partial charge is 0.371 e. The smallest absolute Gasteiger partial charge is 0.0445 e. The number of anilines is 1. The van der Waals surface area contributed by atoms with Gasteiger partial charge in [-0.05, 0) is 32.4 Å². The summed E-state index contributed by atoms with van der Waals surface area (Å²) in [5, 5.41) is 3.21. The summed E-state index contributed by atoms with van der Waals surface area (Å²) in [4.78, 5) is 6.87. The van der Waals surface area contributed by atoms with Crippen LogP contribution in [0.5, 0.6) is 0 Å². The van der Waals surface area contributed by atoms with E-state index in [0.717, 1.165) is 18.2 Å². The molecule has 0 saturated carbocycles. The Morgan fingerprint density at radius 2 is 2.38 bits per heavy atom. The van der Waals surface area contributed by atoms with E-state index in [1.807, 2.05) is 13.2 Å². The van der Waals surface area contributed by atoms with E-state index < -0.39 is 0 Å². The number of rotatable bonds is 3. The first kappa shape index (κ1) is 11.4. The lowest BCUT2D eigenvalue weighted by Crippen LogP contribution is -2.22. The minimum Gasteiger partial charge on any atom is -0.371 e. The summed E-state index contributed by atoms with van der Waals surface area (Å²) in [7, 11) is 1.98. The van der Waals surface area contributed by atoms with Gasteiger partial charge < -0.3 is 10.2 Å². The van der Waals surface area contributed by atoms with Crippen LogP contribution in [0.4, 0.5) is 5.69 Å². The number of nitrogens with one attached hydrogen (secondary N) is 1. The summed E-state index contributed by atoms with van der Waals surface area (Å²) in [6, 6.07) is 2.21. The molecule has 3 heteroatoms. The average molecular weight is 219 g/mol. The first-order valence-corrected chi connectivity index (χ1v) is 6.05. The van der Waals surface area contributed by atoms with Crippen LogP contribution in [0.3, 0.4) is 0 Å². The monoisotopic (exact) mass is 219 g/mol. The average Bonchev–Trinajstić information content (AvgIpc) is 2.68. The Kier molecular flexibility index (Phi) is 3.44. The molecule has 1 aromatic rings. The summed E-state index contributed by atoms with van der Waals surface area (Å²) in [5.41, 5.74) is 3.78. The Morgan fingerprint density at radius 3 is 3.00 bits per heavy atom. The summed E-state index contributed by atoms with van der Waals surface area (Å²) < 4.78 is 0. The molecule has 0 spiro atoms. The van der Waals surface area contributed by atoms with Crippen LogP contribution in [0.25, 0.3) is 0 Å². The normalized spacial score (nSPS) is 20.4. The quantitative estimate of drug-likeness (QED) is 0.842. The summed E-state index contributed by atoms with van der Waals surface area (Å²) >= 11 is 0. The van der Waals surface area contributed by atoms with Crippen LogP contribution in [0.2, 0.25) is 0 Å². The molecule has 0 aliphatic carbocycles. The maximum atomic E-state index is 4.38. The van der Waals surface area contributed by atoms with Crippen LogP contribution in [0.15, 0.2) is 12.3 Å². The second-order valence-corrected chi connectivity index (χ2v) is 4.82. The molecule has 1 saturated heterocycles. The molecule has 16 heavy (non-hydrogen) atoms. The third kappa shape index (κ3) is 2.35. The van der Waals surface area contributed by atoms with Crippen molar-refractivity contribution in [1.29, 1.82) is 0 Å². The molecule has 0 amide bonds. The number of hydrogen-bond donors (Lipinski definition) is 1. The fourth-order valence-electron chi connectivity index (χ4n) is 2.35. The van der Waals surface area contributed by atoms with Crippen molar-refractivity contribution in [3.63, 3.8) is 0 Å². The van der Waals surface area contributed by atoms with Crippen molar-refractivity contribution in [2.75, 3.05) is 25.0 Å². The van der Waals surface area contributed by atoms with Gasteiger partial charge in [0.1, 0.15) is 0 Å². The van der Waals surface area contributed by atoms with Gasteiger partial charge in [0, 0.05) is 42.8 Å². The lowest BCUT2D eigenvalue weighted by molar-refractivity contribution is 0.659. The highest BCUT2D eigenvalue weighted by Gasteiger charge is 2.21. The van der Waals surface area contributed by atoms with Gasteiger partial charge in [-0.25, -0.2) is 0 Å². The molecule has 0 aromatic carbocycles. The summed E-state index contributed by atoms with van der Waals surface area (Å²) in [6.45, 7) is 7.65. The first-order valence-electron chi connectivity index (χ1n) is 6.05. The second-order valence-electron chi connectivity index (χ2n) is 4.82. The number of hydrogen-bond acceptors (Lipinski definition) is 3. The first-order chi connectivity index (χ1) is 7.70. The van der Waals surface area contributed by atoms with E-state index in [9.17, 15) is 0 Å². The molecule has 1 unspecified atom stereocenters. The highest BCUT2D eigenvalue weighted by molar-refractivity contribution is 5.54. The summed E-state index contributed by atoms with van der Waals surface area (Å²) in [6.07, 6.45) is 3.31. The molecule has 1 aliphatic rings. The molecule has 2 heterocycles. The van der Waals surface area contributed by atoms with E-state index in [1.54, 1.807) is 0 Å². The third-order valence-corrected chi connectivity index (χ3v) is 3.23. The molecule has 2 rings (SSSR count). The van der Waals surface area contributed by atoms with E-state index >= 15 is 0 Å². The van der Waals surface area contributed by atoms with Crippen LogP contribution in [-0.2, 0) is 6.54 Å². The highest BCUT2D eigenvalue weighted by atomic mass is 15.2. The van der Waals surface area contributed by atoms with Gasteiger partial charge in [0.25, 0.3) is 0 Å². The SMILES string of the molecule is CNCc1cnc(C)cc1N1CCC(C)C1. The topological polar surface area (TPSA) is 28.2 Å². The van der Waals surface area contributed by atoms with Gasteiger partial charge in [0.2, 0.25) is 0 Å². The van der Waals surface area contributed by atoms with Crippen LogP contribution in [0.1, 0.15) is 24.6 Å². The van der Waals surface area contributed by atoms with E-state index in [-0.39, 0.29) is 0 Å². The Hall–Kier alpha value is -1.09. The van der Waals surface area contributed by atoms with Gasteiger partial charge in [-0.3, -0.25) is 4.98 Å². The van der Waals surface area contributed by atoms with Crippen molar-refractivity contribution >= 4 is 5.69 Å². The molecule has 1 fully saturated rings. The van der Waals surface area contributed by atoms with Gasteiger partial charge in [-0.1, -0.05) is 6.92 Å². The number of pyridine rings is 1. The molecule has 1 N–H and O–H groups in total. The van der Waals surface area contributed by atoms with Crippen molar-refractivity contribution in [2.24, 2.45) is 5.92 Å². The standard InChI is InChI=1S/C13H21N3/c1-10-4-5-16(9-10)13-6-11(2)15-8-12(13)7-14-3/h6,8,10,14H,4-5,7,9H2,1-3H3. The molecular formula is C13H21N3. The molecule has 1 atom stereocenters. The molecule has 1 aliphatic heterocycles. The second kappa shape index (κ2) is 4.83. The van der Waals surface area contributed by atoms with Crippen LogP contribution < -0.4 is 10.2 Å². The van der Waals surface area contributed by atoms with Crippen molar-refractivity contribution < 1.29 is 0 Å². The van der Waals surface area contributed by atoms with Gasteiger partial charge in [-0.2, -0.15) is 0 Å². The number of aryl methyl sites for hydroxylation is 1. The Morgan fingerprint density at radius 1 is 1.56 bits per heavy atom. The lowest BCUT2D eigenvalue weighted by Gasteiger charge is -2.22. The van der Waals surface area contributed by atoms with Crippen molar-refractivity contribution in [3.8, 4) is 0 Å². The van der Waals surface area contributed by atoms with Crippen molar-refractivity contribution in [1.82, 2.24) is 10.3 Å². The molecule has 0 bridgehead atoms. The molecule has 1 aromatic heterocycles. The van der Waals surface area contributed by atoms with Crippen LogP contribution in [-0.4, -0.2) is 25.1 Å². The van der Waals surface area contributed by atoms with Crippen LogP contribution in [0, 0.1) is 12.8 Å². The zero-order chi connectivity index (χ0) is 11.5. The zero-order valence-electron chi connectivity index (χ0n) is 10.5. The third-order valence-electron chi connectivity index (χ3n) is 3.23. The summed E-state index contributed by atoms with van der Waals surface area (Å²) in [5.74, 6) is 0.816. The van der Waals surface area contributed by atoms with Gasteiger partial charge >= 0.3 is 0 Å². The molecular weight excluding hydrogens is 198 g/mol. The van der Waals surface area contributed by atoms with E-state index in [4.69, 9.17) is 0 Å². The van der Waals surface area contributed by atoms with Crippen LogP contribution >= 0.6 is 0 Å². The fraction of sp³-hybridized carbons (Fsp3) is 0.615. The minimum absolute atomic E-state index is 0.816. The van der Waals surface area contributed by atoms with E-state index in [0.29, 0.717) is 0 Å². The predicted molar refractivity (Wildman–Crippen MR) is 67.7 cm³/mol. The molecule has 3 nitrogen and oxygen atoms in total. The van der Waals surface area contributed by atoms with Crippen molar-refractivity contribution in [3.05, 3.63) is 23.5 Å². The highest BCUT2D eigenvalue weighted by Crippen LogP contribution is 2.27.